The summed E-state index contributed by atoms with van der Waals surface area (Å²) in [4.78, 5) is 15.1. The van der Waals surface area contributed by atoms with Gasteiger partial charge in [-0.25, -0.2) is 0 Å². The van der Waals surface area contributed by atoms with Crippen LogP contribution < -0.4 is 5.73 Å². The summed E-state index contributed by atoms with van der Waals surface area (Å²) in [5, 5.41) is 0. The van der Waals surface area contributed by atoms with Crippen LogP contribution in [0.4, 0.5) is 0 Å². The standard InChI is InChI=1S/C19H36N2O/c1-14(2)18(13-16-7-5-4-6-8-16)19(22)21-11-9-17(10-12-21)15(3)20/h14-18H,4-13,20H2,1-3H3. The maximum atomic E-state index is 13.0. The van der Waals surface area contributed by atoms with Gasteiger partial charge < -0.3 is 10.6 Å². The molecule has 0 aromatic carbocycles. The van der Waals surface area contributed by atoms with Gasteiger partial charge in [-0.15, -0.1) is 0 Å². The topological polar surface area (TPSA) is 46.3 Å². The van der Waals surface area contributed by atoms with Gasteiger partial charge in [0.1, 0.15) is 0 Å². The molecule has 3 heteroatoms. The van der Waals surface area contributed by atoms with Crippen molar-refractivity contribution in [3.05, 3.63) is 0 Å². The Morgan fingerprint density at radius 1 is 1.05 bits per heavy atom. The normalized spacial score (nSPS) is 24.5. The highest BCUT2D eigenvalue weighted by Gasteiger charge is 2.32. The molecular formula is C19H36N2O. The minimum Gasteiger partial charge on any atom is -0.342 e. The molecule has 0 spiro atoms. The van der Waals surface area contributed by atoms with Crippen molar-refractivity contribution in [1.82, 2.24) is 4.90 Å². The first-order valence-electron chi connectivity index (χ1n) is 9.53. The molecule has 1 aliphatic heterocycles. The summed E-state index contributed by atoms with van der Waals surface area (Å²) in [6.45, 7) is 8.38. The predicted molar refractivity (Wildman–Crippen MR) is 92.5 cm³/mol. The van der Waals surface area contributed by atoms with Crippen LogP contribution in [0.5, 0.6) is 0 Å². The Morgan fingerprint density at radius 3 is 2.14 bits per heavy atom. The smallest absolute Gasteiger partial charge is 0.225 e. The van der Waals surface area contributed by atoms with E-state index >= 15 is 0 Å². The molecule has 128 valence electrons. The first-order valence-corrected chi connectivity index (χ1v) is 9.53. The lowest BCUT2D eigenvalue weighted by atomic mass is 9.78. The highest BCUT2D eigenvalue weighted by atomic mass is 16.2. The number of rotatable bonds is 5. The van der Waals surface area contributed by atoms with E-state index in [1.54, 1.807) is 0 Å². The van der Waals surface area contributed by atoms with E-state index < -0.39 is 0 Å². The maximum Gasteiger partial charge on any atom is 0.225 e. The molecule has 2 fully saturated rings. The van der Waals surface area contributed by atoms with Gasteiger partial charge in [0.25, 0.3) is 0 Å². The highest BCUT2D eigenvalue weighted by Crippen LogP contribution is 2.33. The summed E-state index contributed by atoms with van der Waals surface area (Å²) in [5.74, 6) is 2.49. The molecule has 1 saturated carbocycles. The Kier molecular flexibility index (Phi) is 6.73. The fourth-order valence-corrected chi connectivity index (χ4v) is 4.32. The molecule has 2 N–H and O–H groups in total. The zero-order chi connectivity index (χ0) is 16.1. The monoisotopic (exact) mass is 308 g/mol. The molecule has 0 bridgehead atoms. The molecule has 22 heavy (non-hydrogen) atoms. The van der Waals surface area contributed by atoms with Crippen molar-refractivity contribution in [3.8, 4) is 0 Å². The van der Waals surface area contributed by atoms with Gasteiger partial charge in [-0.05, 0) is 43.9 Å². The number of nitrogens with two attached hydrogens (primary N) is 1. The molecule has 1 heterocycles. The molecule has 0 radical (unpaired) electrons. The SMILES string of the molecule is CC(C)C(CC1CCCCC1)C(=O)N1CCC(C(C)N)CC1. The van der Waals surface area contributed by atoms with Crippen LogP contribution in [0, 0.1) is 23.7 Å². The number of nitrogens with zero attached hydrogens (tertiary/aromatic N) is 1. The van der Waals surface area contributed by atoms with Crippen LogP contribution in [-0.4, -0.2) is 29.9 Å². The fraction of sp³-hybridized carbons (Fsp3) is 0.947. The van der Waals surface area contributed by atoms with Crippen molar-refractivity contribution in [3.63, 3.8) is 0 Å². The van der Waals surface area contributed by atoms with E-state index in [1.165, 1.54) is 32.1 Å². The second-order valence-electron chi connectivity index (χ2n) is 8.11. The number of hydrogen-bond acceptors (Lipinski definition) is 2. The van der Waals surface area contributed by atoms with Crippen LogP contribution >= 0.6 is 0 Å². The van der Waals surface area contributed by atoms with Gasteiger partial charge in [0, 0.05) is 25.0 Å². The van der Waals surface area contributed by atoms with Crippen molar-refractivity contribution >= 4 is 5.91 Å². The number of hydrogen-bond donors (Lipinski definition) is 1. The van der Waals surface area contributed by atoms with Crippen LogP contribution in [0.15, 0.2) is 0 Å². The van der Waals surface area contributed by atoms with Gasteiger partial charge in [0.2, 0.25) is 5.91 Å². The van der Waals surface area contributed by atoms with Crippen molar-refractivity contribution in [2.24, 2.45) is 29.4 Å². The minimum atomic E-state index is 0.231. The van der Waals surface area contributed by atoms with Crippen molar-refractivity contribution in [1.29, 1.82) is 0 Å². The van der Waals surface area contributed by atoms with E-state index in [-0.39, 0.29) is 12.0 Å². The third-order valence-electron chi connectivity index (χ3n) is 6.03. The van der Waals surface area contributed by atoms with Crippen molar-refractivity contribution in [2.45, 2.75) is 78.2 Å². The van der Waals surface area contributed by atoms with Gasteiger partial charge in [-0.1, -0.05) is 46.0 Å². The van der Waals surface area contributed by atoms with Gasteiger partial charge in [-0.3, -0.25) is 4.79 Å². The lowest BCUT2D eigenvalue weighted by Gasteiger charge is -2.37. The Balaban J connectivity index is 1.89. The number of amides is 1. The third kappa shape index (κ3) is 4.71. The van der Waals surface area contributed by atoms with Crippen molar-refractivity contribution in [2.75, 3.05) is 13.1 Å². The van der Waals surface area contributed by atoms with E-state index in [9.17, 15) is 4.79 Å². The van der Waals surface area contributed by atoms with E-state index in [1.807, 2.05) is 0 Å². The Hall–Kier alpha value is -0.570. The summed E-state index contributed by atoms with van der Waals surface area (Å²) in [6, 6.07) is 0.264. The molecule has 1 aliphatic carbocycles. The van der Waals surface area contributed by atoms with Gasteiger partial charge in [0.05, 0.1) is 0 Å². The second kappa shape index (κ2) is 8.33. The van der Waals surface area contributed by atoms with E-state index in [2.05, 4.69) is 25.7 Å². The number of carbonyl (C=O) groups is 1. The van der Waals surface area contributed by atoms with Crippen molar-refractivity contribution < 1.29 is 4.79 Å². The number of likely N-dealkylation sites (tertiary alicyclic amines) is 1. The Labute approximate surface area is 137 Å². The van der Waals surface area contributed by atoms with E-state index in [0.717, 1.165) is 38.3 Å². The molecule has 1 amide bonds. The minimum absolute atomic E-state index is 0.231. The third-order valence-corrected chi connectivity index (χ3v) is 6.03. The molecule has 2 unspecified atom stereocenters. The van der Waals surface area contributed by atoms with Crippen LogP contribution in [-0.2, 0) is 4.79 Å². The summed E-state index contributed by atoms with van der Waals surface area (Å²) in [6.07, 6.45) is 10.1. The highest BCUT2D eigenvalue weighted by molar-refractivity contribution is 5.79. The Morgan fingerprint density at radius 2 is 1.64 bits per heavy atom. The quantitative estimate of drug-likeness (QED) is 0.839. The zero-order valence-corrected chi connectivity index (χ0v) is 14.9. The zero-order valence-electron chi connectivity index (χ0n) is 14.9. The van der Waals surface area contributed by atoms with Gasteiger partial charge in [-0.2, -0.15) is 0 Å². The molecule has 2 rings (SSSR count). The first-order chi connectivity index (χ1) is 10.5. The van der Waals surface area contributed by atoms with Crippen LogP contribution in [0.3, 0.4) is 0 Å². The second-order valence-corrected chi connectivity index (χ2v) is 8.11. The summed E-state index contributed by atoms with van der Waals surface area (Å²) < 4.78 is 0. The lowest BCUT2D eigenvalue weighted by molar-refractivity contribution is -0.139. The Bertz CT molecular complexity index is 339. The molecule has 1 saturated heterocycles. The first kappa shape index (κ1) is 17.8. The summed E-state index contributed by atoms with van der Waals surface area (Å²) in [5.41, 5.74) is 6.02. The lowest BCUT2D eigenvalue weighted by Crippen LogP contribution is -2.46. The molecule has 2 atom stereocenters. The average Bonchev–Trinajstić information content (AvgIpc) is 2.53. The fourth-order valence-electron chi connectivity index (χ4n) is 4.32. The predicted octanol–water partition coefficient (Wildman–Crippen LogP) is 3.81. The van der Waals surface area contributed by atoms with Crippen LogP contribution in [0.25, 0.3) is 0 Å². The molecule has 2 aliphatic rings. The summed E-state index contributed by atoms with van der Waals surface area (Å²) in [7, 11) is 0. The molecule has 3 nitrogen and oxygen atoms in total. The van der Waals surface area contributed by atoms with Gasteiger partial charge in [0.15, 0.2) is 0 Å². The largest absolute Gasteiger partial charge is 0.342 e. The maximum absolute atomic E-state index is 13.0. The average molecular weight is 309 g/mol. The van der Waals surface area contributed by atoms with Gasteiger partial charge >= 0.3 is 0 Å². The number of carbonyl (C=O) groups excluding carboxylic acids is 1. The molecule has 0 aromatic rings. The molecule has 0 aromatic heterocycles. The van der Waals surface area contributed by atoms with E-state index in [0.29, 0.717) is 17.7 Å². The van der Waals surface area contributed by atoms with Crippen LogP contribution in [0.1, 0.15) is 72.1 Å². The van der Waals surface area contributed by atoms with E-state index in [4.69, 9.17) is 5.73 Å². The van der Waals surface area contributed by atoms with Crippen LogP contribution in [0.2, 0.25) is 0 Å². The number of piperidine rings is 1. The molecular weight excluding hydrogens is 272 g/mol. The summed E-state index contributed by atoms with van der Waals surface area (Å²) >= 11 is 0.